The van der Waals surface area contributed by atoms with E-state index in [2.05, 4.69) is 0 Å². The molecule has 0 radical (unpaired) electrons. The van der Waals surface area contributed by atoms with E-state index in [9.17, 15) is 14.6 Å². The Labute approximate surface area is 83.9 Å². The largest absolute Gasteiger partial charge is 0.383 e. The predicted molar refractivity (Wildman–Crippen MR) is 56.5 cm³/mol. The zero-order valence-corrected chi connectivity index (χ0v) is 9.02. The van der Waals surface area contributed by atoms with Crippen molar-refractivity contribution in [3.8, 4) is 0 Å². The molecule has 2 atom stereocenters. The minimum atomic E-state index is -3.37. The minimum Gasteiger partial charge on any atom is -0.383 e. The fourth-order valence-electron chi connectivity index (χ4n) is 1.18. The number of aliphatic hydroxyl groups excluding tert-OH is 1. The monoisotopic (exact) mass is 214 g/mol. The van der Waals surface area contributed by atoms with Crippen LogP contribution in [0.5, 0.6) is 0 Å². The molecule has 0 spiro atoms. The number of rotatable bonds is 4. The SMILES string of the molecule is CCP(=O)(O)C(O)Cc1ccccc1. The van der Waals surface area contributed by atoms with Gasteiger partial charge in [-0.15, -0.1) is 0 Å². The summed E-state index contributed by atoms with van der Waals surface area (Å²) in [5.74, 6) is -1.14. The van der Waals surface area contributed by atoms with E-state index in [1.807, 2.05) is 30.3 Å². The highest BCUT2D eigenvalue weighted by atomic mass is 31.2. The summed E-state index contributed by atoms with van der Waals surface area (Å²) in [5, 5.41) is 9.52. The van der Waals surface area contributed by atoms with E-state index in [-0.39, 0.29) is 12.6 Å². The molecule has 1 rings (SSSR count). The van der Waals surface area contributed by atoms with Crippen LogP contribution in [0.3, 0.4) is 0 Å². The lowest BCUT2D eigenvalue weighted by atomic mass is 10.2. The standard InChI is InChI=1S/C10H15O3P/c1-2-14(12,13)10(11)8-9-6-4-3-5-7-9/h3-7,10-11H,2,8H2,1H3,(H,12,13). The molecule has 0 saturated carbocycles. The Kier molecular flexibility index (Phi) is 3.87. The van der Waals surface area contributed by atoms with Crippen LogP contribution >= 0.6 is 7.37 Å². The molecule has 0 amide bonds. The molecule has 0 bridgehead atoms. The Morgan fingerprint density at radius 3 is 2.43 bits per heavy atom. The van der Waals surface area contributed by atoms with Crippen LogP contribution in [0.1, 0.15) is 12.5 Å². The second kappa shape index (κ2) is 4.74. The van der Waals surface area contributed by atoms with Gasteiger partial charge >= 0.3 is 0 Å². The van der Waals surface area contributed by atoms with Gasteiger partial charge in [-0.2, -0.15) is 0 Å². The molecule has 3 nitrogen and oxygen atoms in total. The molecule has 2 unspecified atom stereocenters. The zero-order chi connectivity index (χ0) is 10.6. The lowest BCUT2D eigenvalue weighted by Gasteiger charge is -2.16. The van der Waals surface area contributed by atoms with Crippen molar-refractivity contribution in [1.29, 1.82) is 0 Å². The summed E-state index contributed by atoms with van der Waals surface area (Å²) in [6, 6.07) is 9.22. The van der Waals surface area contributed by atoms with Gasteiger partial charge in [0.15, 0.2) is 0 Å². The Morgan fingerprint density at radius 2 is 1.93 bits per heavy atom. The number of hydrogen-bond donors (Lipinski definition) is 2. The van der Waals surface area contributed by atoms with E-state index >= 15 is 0 Å². The van der Waals surface area contributed by atoms with Crippen LogP contribution in [0.15, 0.2) is 30.3 Å². The normalized spacial score (nSPS) is 17.4. The fourth-order valence-corrected chi connectivity index (χ4v) is 2.10. The Bertz CT molecular complexity index is 323. The van der Waals surface area contributed by atoms with Gasteiger partial charge in [0.1, 0.15) is 5.85 Å². The molecule has 0 saturated heterocycles. The Morgan fingerprint density at radius 1 is 1.36 bits per heavy atom. The highest BCUT2D eigenvalue weighted by molar-refractivity contribution is 7.58. The van der Waals surface area contributed by atoms with E-state index in [1.165, 1.54) is 0 Å². The Balaban J connectivity index is 2.67. The van der Waals surface area contributed by atoms with Gasteiger partial charge in [0.2, 0.25) is 7.37 Å². The average molecular weight is 214 g/mol. The minimum absolute atomic E-state index is 0.112. The molecular formula is C10H15O3P. The molecule has 0 aliphatic carbocycles. The summed E-state index contributed by atoms with van der Waals surface area (Å²) in [6.45, 7) is 1.61. The van der Waals surface area contributed by atoms with Crippen LogP contribution in [0.2, 0.25) is 0 Å². The van der Waals surface area contributed by atoms with Crippen molar-refractivity contribution < 1.29 is 14.6 Å². The van der Waals surface area contributed by atoms with Gasteiger partial charge in [-0.25, -0.2) is 0 Å². The van der Waals surface area contributed by atoms with Gasteiger partial charge in [-0.05, 0) is 5.56 Å². The summed E-state index contributed by atoms with van der Waals surface area (Å²) in [7, 11) is -3.37. The molecule has 0 aliphatic heterocycles. The highest BCUT2D eigenvalue weighted by Crippen LogP contribution is 2.45. The maximum absolute atomic E-state index is 11.4. The van der Waals surface area contributed by atoms with Crippen LogP contribution < -0.4 is 0 Å². The van der Waals surface area contributed by atoms with Crippen molar-refractivity contribution in [2.75, 3.05) is 6.16 Å². The second-order valence-corrected chi connectivity index (χ2v) is 5.98. The van der Waals surface area contributed by atoms with Gasteiger partial charge in [-0.1, -0.05) is 37.3 Å². The number of hydrogen-bond acceptors (Lipinski definition) is 2. The van der Waals surface area contributed by atoms with Crippen molar-refractivity contribution in [1.82, 2.24) is 0 Å². The van der Waals surface area contributed by atoms with E-state index in [4.69, 9.17) is 0 Å². The lowest BCUT2D eigenvalue weighted by Crippen LogP contribution is -2.12. The maximum atomic E-state index is 11.4. The van der Waals surface area contributed by atoms with E-state index < -0.39 is 13.2 Å². The predicted octanol–water partition coefficient (Wildman–Crippen LogP) is 1.84. The van der Waals surface area contributed by atoms with Gasteiger partial charge in [0.25, 0.3) is 0 Å². The van der Waals surface area contributed by atoms with Gasteiger partial charge in [-0.3, -0.25) is 4.57 Å². The summed E-state index contributed by atoms with van der Waals surface area (Å²) < 4.78 is 11.4. The van der Waals surface area contributed by atoms with Crippen molar-refractivity contribution in [2.45, 2.75) is 19.2 Å². The van der Waals surface area contributed by atoms with Crippen molar-refractivity contribution in [2.24, 2.45) is 0 Å². The first kappa shape index (κ1) is 11.4. The summed E-state index contributed by atoms with van der Waals surface area (Å²) >= 11 is 0. The van der Waals surface area contributed by atoms with Gasteiger partial charge < -0.3 is 10.00 Å². The number of benzene rings is 1. The molecule has 0 aromatic heterocycles. The van der Waals surface area contributed by atoms with Crippen molar-refractivity contribution in [3.63, 3.8) is 0 Å². The fraction of sp³-hybridized carbons (Fsp3) is 0.400. The van der Waals surface area contributed by atoms with Crippen LogP contribution in [-0.4, -0.2) is 22.0 Å². The smallest absolute Gasteiger partial charge is 0.228 e. The maximum Gasteiger partial charge on any atom is 0.228 e. The first-order chi connectivity index (χ1) is 6.56. The summed E-state index contributed by atoms with van der Waals surface area (Å²) in [6.07, 6.45) is 0.351. The molecular weight excluding hydrogens is 199 g/mol. The first-order valence-corrected chi connectivity index (χ1v) is 6.51. The molecule has 4 heteroatoms. The zero-order valence-electron chi connectivity index (χ0n) is 8.13. The average Bonchev–Trinajstić information content (AvgIpc) is 2.19. The van der Waals surface area contributed by atoms with Gasteiger partial charge in [0, 0.05) is 12.6 Å². The lowest BCUT2D eigenvalue weighted by molar-refractivity contribution is 0.230. The summed E-state index contributed by atoms with van der Waals surface area (Å²) in [5.41, 5.74) is 0.878. The molecule has 1 aromatic carbocycles. The first-order valence-electron chi connectivity index (χ1n) is 4.59. The van der Waals surface area contributed by atoms with Crippen molar-refractivity contribution >= 4 is 7.37 Å². The molecule has 78 valence electrons. The third-order valence-electron chi connectivity index (χ3n) is 2.18. The van der Waals surface area contributed by atoms with Crippen LogP contribution in [-0.2, 0) is 11.0 Å². The third kappa shape index (κ3) is 2.95. The molecule has 1 aromatic rings. The topological polar surface area (TPSA) is 57.5 Å². The van der Waals surface area contributed by atoms with Crippen LogP contribution in [0.25, 0.3) is 0 Å². The Hall–Kier alpha value is -0.630. The second-order valence-electron chi connectivity index (χ2n) is 3.24. The molecule has 14 heavy (non-hydrogen) atoms. The third-order valence-corrected chi connectivity index (χ3v) is 4.20. The van der Waals surface area contributed by atoms with Crippen LogP contribution in [0.4, 0.5) is 0 Å². The molecule has 2 N–H and O–H groups in total. The molecule has 0 heterocycles. The quantitative estimate of drug-likeness (QED) is 0.752. The van der Waals surface area contributed by atoms with Crippen molar-refractivity contribution in [3.05, 3.63) is 35.9 Å². The highest BCUT2D eigenvalue weighted by Gasteiger charge is 2.26. The van der Waals surface area contributed by atoms with Gasteiger partial charge in [0.05, 0.1) is 0 Å². The summed E-state index contributed by atoms with van der Waals surface area (Å²) in [4.78, 5) is 9.36. The number of aliphatic hydroxyl groups is 1. The molecule has 0 aliphatic rings. The molecule has 0 fully saturated rings. The van der Waals surface area contributed by atoms with Crippen LogP contribution in [0, 0.1) is 0 Å². The van der Waals surface area contributed by atoms with E-state index in [0.717, 1.165) is 5.56 Å². The van der Waals surface area contributed by atoms with E-state index in [0.29, 0.717) is 0 Å². The van der Waals surface area contributed by atoms with E-state index in [1.54, 1.807) is 6.92 Å².